The Morgan fingerprint density at radius 2 is 2.06 bits per heavy atom. The molecule has 0 aromatic carbocycles. The van der Waals surface area contributed by atoms with Crippen molar-refractivity contribution in [2.24, 2.45) is 5.92 Å². The monoisotopic (exact) mass is 241 g/mol. The maximum atomic E-state index is 11.9. The lowest BCUT2D eigenvalue weighted by molar-refractivity contribution is -0.152. The first-order valence-corrected chi connectivity index (χ1v) is 6.66. The average Bonchev–Trinajstić information content (AvgIpc) is 2.68. The van der Waals surface area contributed by atoms with Gasteiger partial charge in [0.05, 0.1) is 6.61 Å². The molecule has 0 aromatic rings. The number of hydrogen-bond donors (Lipinski definition) is 0. The van der Waals surface area contributed by atoms with E-state index in [2.05, 4.69) is 6.92 Å². The van der Waals surface area contributed by atoms with Gasteiger partial charge < -0.3 is 9.64 Å². The standard InChI is InChI=1S/C13H23NO3/c1-3-5-8-14-9-7-11(12(14)15)13(16)17-10-6-4-2/h11H,3-10H2,1-2H3. The zero-order chi connectivity index (χ0) is 12.7. The van der Waals surface area contributed by atoms with Crippen molar-refractivity contribution in [1.82, 2.24) is 4.90 Å². The third-order valence-corrected chi connectivity index (χ3v) is 3.11. The molecule has 1 atom stereocenters. The lowest BCUT2D eigenvalue weighted by Crippen LogP contribution is -2.32. The van der Waals surface area contributed by atoms with Gasteiger partial charge in [0, 0.05) is 13.1 Å². The van der Waals surface area contributed by atoms with Crippen LogP contribution in [0.4, 0.5) is 0 Å². The van der Waals surface area contributed by atoms with Gasteiger partial charge in [-0.25, -0.2) is 0 Å². The van der Waals surface area contributed by atoms with E-state index in [9.17, 15) is 9.59 Å². The summed E-state index contributed by atoms with van der Waals surface area (Å²) in [7, 11) is 0. The van der Waals surface area contributed by atoms with E-state index in [1.54, 1.807) is 4.90 Å². The summed E-state index contributed by atoms with van der Waals surface area (Å²) in [6, 6.07) is 0. The van der Waals surface area contributed by atoms with Crippen molar-refractivity contribution >= 4 is 11.9 Å². The van der Waals surface area contributed by atoms with Crippen LogP contribution in [-0.4, -0.2) is 36.5 Å². The molecule has 4 heteroatoms. The molecule has 0 aliphatic carbocycles. The minimum absolute atomic E-state index is 0.0417. The minimum atomic E-state index is -0.538. The van der Waals surface area contributed by atoms with Gasteiger partial charge in [0.2, 0.25) is 5.91 Å². The first kappa shape index (κ1) is 14.0. The zero-order valence-corrected chi connectivity index (χ0v) is 10.9. The Morgan fingerprint density at radius 3 is 2.71 bits per heavy atom. The number of esters is 1. The number of hydrogen-bond acceptors (Lipinski definition) is 3. The van der Waals surface area contributed by atoms with E-state index in [-0.39, 0.29) is 11.9 Å². The van der Waals surface area contributed by atoms with E-state index in [0.717, 1.165) is 32.2 Å². The van der Waals surface area contributed by atoms with Crippen molar-refractivity contribution < 1.29 is 14.3 Å². The van der Waals surface area contributed by atoms with Crippen LogP contribution < -0.4 is 0 Å². The molecule has 4 nitrogen and oxygen atoms in total. The molecule has 1 rings (SSSR count). The predicted molar refractivity (Wildman–Crippen MR) is 65.5 cm³/mol. The smallest absolute Gasteiger partial charge is 0.318 e. The molecule has 0 bridgehead atoms. The van der Waals surface area contributed by atoms with Gasteiger partial charge in [-0.15, -0.1) is 0 Å². The number of rotatable bonds is 7. The van der Waals surface area contributed by atoms with E-state index in [4.69, 9.17) is 4.74 Å². The molecule has 1 heterocycles. The van der Waals surface area contributed by atoms with Crippen LogP contribution in [-0.2, 0) is 14.3 Å². The molecule has 1 amide bonds. The summed E-state index contributed by atoms with van der Waals surface area (Å²) in [5.74, 6) is -0.911. The maximum Gasteiger partial charge on any atom is 0.318 e. The Bertz CT molecular complexity index is 265. The van der Waals surface area contributed by atoms with Crippen LogP contribution in [0.3, 0.4) is 0 Å². The van der Waals surface area contributed by atoms with Crippen molar-refractivity contribution in [2.75, 3.05) is 19.7 Å². The maximum absolute atomic E-state index is 11.9. The van der Waals surface area contributed by atoms with Crippen LogP contribution in [0.2, 0.25) is 0 Å². The molecule has 98 valence electrons. The van der Waals surface area contributed by atoms with Gasteiger partial charge in [0.25, 0.3) is 0 Å². The van der Waals surface area contributed by atoms with Crippen LogP contribution in [0, 0.1) is 5.92 Å². The molecule has 0 radical (unpaired) electrons. The number of unbranched alkanes of at least 4 members (excludes halogenated alkanes) is 2. The van der Waals surface area contributed by atoms with Gasteiger partial charge in [-0.2, -0.15) is 0 Å². The molecular formula is C13H23NO3. The summed E-state index contributed by atoms with van der Waals surface area (Å²) in [6.45, 7) is 6.05. The van der Waals surface area contributed by atoms with Gasteiger partial charge in [-0.3, -0.25) is 9.59 Å². The topological polar surface area (TPSA) is 46.6 Å². The molecule has 17 heavy (non-hydrogen) atoms. The molecule has 0 aromatic heterocycles. The van der Waals surface area contributed by atoms with E-state index in [1.165, 1.54) is 0 Å². The van der Waals surface area contributed by atoms with E-state index >= 15 is 0 Å². The normalized spacial score (nSPS) is 19.8. The molecule has 1 unspecified atom stereocenters. The number of amides is 1. The molecular weight excluding hydrogens is 218 g/mol. The summed E-state index contributed by atoms with van der Waals surface area (Å²) in [5.41, 5.74) is 0. The minimum Gasteiger partial charge on any atom is -0.465 e. The fraction of sp³-hybridized carbons (Fsp3) is 0.846. The Morgan fingerprint density at radius 1 is 1.35 bits per heavy atom. The molecule has 0 spiro atoms. The fourth-order valence-electron chi connectivity index (χ4n) is 1.95. The summed E-state index contributed by atoms with van der Waals surface area (Å²) in [6.07, 6.45) is 4.55. The van der Waals surface area contributed by atoms with E-state index in [0.29, 0.717) is 19.6 Å². The lowest BCUT2D eigenvalue weighted by atomic mass is 10.1. The highest BCUT2D eigenvalue weighted by Crippen LogP contribution is 2.20. The first-order chi connectivity index (χ1) is 8.20. The van der Waals surface area contributed by atoms with Crippen LogP contribution in [0.25, 0.3) is 0 Å². The molecule has 1 fully saturated rings. The molecule has 0 N–H and O–H groups in total. The van der Waals surface area contributed by atoms with E-state index < -0.39 is 5.92 Å². The van der Waals surface area contributed by atoms with Gasteiger partial charge in [-0.05, 0) is 19.3 Å². The van der Waals surface area contributed by atoms with Crippen LogP contribution in [0.5, 0.6) is 0 Å². The summed E-state index contributed by atoms with van der Waals surface area (Å²) >= 11 is 0. The summed E-state index contributed by atoms with van der Waals surface area (Å²) in [5, 5.41) is 0. The second-order valence-electron chi connectivity index (χ2n) is 4.54. The van der Waals surface area contributed by atoms with Crippen LogP contribution in [0.1, 0.15) is 46.0 Å². The van der Waals surface area contributed by atoms with Crippen molar-refractivity contribution in [3.8, 4) is 0 Å². The molecule has 1 aliphatic heterocycles. The number of ether oxygens (including phenoxy) is 1. The second kappa shape index (κ2) is 7.30. The average molecular weight is 241 g/mol. The van der Waals surface area contributed by atoms with Gasteiger partial charge in [0.15, 0.2) is 0 Å². The number of carbonyl (C=O) groups is 2. The summed E-state index contributed by atoms with van der Waals surface area (Å²) in [4.78, 5) is 25.4. The van der Waals surface area contributed by atoms with Crippen molar-refractivity contribution in [3.63, 3.8) is 0 Å². The van der Waals surface area contributed by atoms with Crippen LogP contribution in [0.15, 0.2) is 0 Å². The lowest BCUT2D eigenvalue weighted by Gasteiger charge is -2.15. The third kappa shape index (κ3) is 4.02. The highest BCUT2D eigenvalue weighted by Gasteiger charge is 2.37. The van der Waals surface area contributed by atoms with Gasteiger partial charge >= 0.3 is 5.97 Å². The fourth-order valence-corrected chi connectivity index (χ4v) is 1.95. The second-order valence-corrected chi connectivity index (χ2v) is 4.54. The predicted octanol–water partition coefficient (Wildman–Crippen LogP) is 1.98. The van der Waals surface area contributed by atoms with Crippen molar-refractivity contribution in [2.45, 2.75) is 46.0 Å². The largest absolute Gasteiger partial charge is 0.465 e. The van der Waals surface area contributed by atoms with E-state index in [1.807, 2.05) is 6.92 Å². The Balaban J connectivity index is 2.35. The highest BCUT2D eigenvalue weighted by molar-refractivity contribution is 5.99. The van der Waals surface area contributed by atoms with Gasteiger partial charge in [-0.1, -0.05) is 26.7 Å². The summed E-state index contributed by atoms with van der Waals surface area (Å²) < 4.78 is 5.10. The van der Waals surface area contributed by atoms with Crippen molar-refractivity contribution in [3.05, 3.63) is 0 Å². The Hall–Kier alpha value is -1.06. The quantitative estimate of drug-likeness (QED) is 0.389. The zero-order valence-electron chi connectivity index (χ0n) is 10.9. The van der Waals surface area contributed by atoms with Crippen molar-refractivity contribution in [1.29, 1.82) is 0 Å². The molecule has 0 saturated carbocycles. The number of likely N-dealkylation sites (tertiary alicyclic amines) is 1. The molecule has 1 aliphatic rings. The number of carbonyl (C=O) groups excluding carboxylic acids is 2. The first-order valence-electron chi connectivity index (χ1n) is 6.66. The van der Waals surface area contributed by atoms with Gasteiger partial charge in [0.1, 0.15) is 5.92 Å². The molecule has 1 saturated heterocycles. The van der Waals surface area contributed by atoms with Crippen LogP contribution >= 0.6 is 0 Å². The number of nitrogens with zero attached hydrogens (tertiary/aromatic N) is 1. The highest BCUT2D eigenvalue weighted by atomic mass is 16.5. The third-order valence-electron chi connectivity index (χ3n) is 3.11. The Labute approximate surface area is 103 Å². The Kier molecular flexibility index (Phi) is 6.01. The SMILES string of the molecule is CCCCOC(=O)C1CCN(CCCC)C1=O.